The van der Waals surface area contributed by atoms with Crippen LogP contribution in [0.2, 0.25) is 0 Å². The zero-order valence-electron chi connectivity index (χ0n) is 10.4. The van der Waals surface area contributed by atoms with Crippen molar-refractivity contribution in [2.75, 3.05) is 13.7 Å². The molecule has 1 heterocycles. The van der Waals surface area contributed by atoms with Crippen LogP contribution in [0.4, 0.5) is 0 Å². The monoisotopic (exact) mass is 230 g/mol. The van der Waals surface area contributed by atoms with Gasteiger partial charge in [0.2, 0.25) is 5.88 Å². The van der Waals surface area contributed by atoms with Gasteiger partial charge in [0.05, 0.1) is 12.8 Å². The van der Waals surface area contributed by atoms with Crippen LogP contribution in [-0.4, -0.2) is 18.6 Å². The van der Waals surface area contributed by atoms with Crippen molar-refractivity contribution >= 4 is 10.8 Å². The molecule has 0 spiro atoms. The summed E-state index contributed by atoms with van der Waals surface area (Å²) in [7, 11) is 1.66. The highest BCUT2D eigenvalue weighted by Crippen LogP contribution is 2.23. The number of aromatic nitrogens is 1. The maximum atomic E-state index is 5.34. The van der Waals surface area contributed by atoms with Crippen LogP contribution in [0.1, 0.15) is 19.0 Å². The SMILES string of the molecule is CCCNCc1cc2ccccc2c(OC)n1. The van der Waals surface area contributed by atoms with E-state index in [0.29, 0.717) is 5.88 Å². The van der Waals surface area contributed by atoms with E-state index in [-0.39, 0.29) is 0 Å². The molecule has 0 bridgehead atoms. The summed E-state index contributed by atoms with van der Waals surface area (Å²) in [6.45, 7) is 3.95. The van der Waals surface area contributed by atoms with E-state index in [1.165, 1.54) is 5.39 Å². The van der Waals surface area contributed by atoms with Gasteiger partial charge in [0.1, 0.15) is 0 Å². The lowest BCUT2D eigenvalue weighted by molar-refractivity contribution is 0.401. The summed E-state index contributed by atoms with van der Waals surface area (Å²) in [5, 5.41) is 5.59. The number of fused-ring (bicyclic) bond motifs is 1. The Morgan fingerprint density at radius 3 is 2.88 bits per heavy atom. The minimum atomic E-state index is 0.705. The van der Waals surface area contributed by atoms with Crippen LogP contribution in [0.5, 0.6) is 5.88 Å². The number of hydrogen-bond donors (Lipinski definition) is 1. The number of methoxy groups -OCH3 is 1. The van der Waals surface area contributed by atoms with E-state index >= 15 is 0 Å². The highest BCUT2D eigenvalue weighted by molar-refractivity contribution is 5.87. The first-order valence-corrected chi connectivity index (χ1v) is 5.98. The molecule has 0 aliphatic rings. The minimum absolute atomic E-state index is 0.705. The van der Waals surface area contributed by atoms with Gasteiger partial charge in [0.25, 0.3) is 0 Å². The lowest BCUT2D eigenvalue weighted by Crippen LogP contribution is -2.15. The Balaban J connectivity index is 2.32. The van der Waals surface area contributed by atoms with E-state index in [1.807, 2.05) is 18.2 Å². The van der Waals surface area contributed by atoms with Crippen molar-refractivity contribution in [3.05, 3.63) is 36.0 Å². The molecule has 0 unspecified atom stereocenters. The molecule has 0 saturated heterocycles. The van der Waals surface area contributed by atoms with Gasteiger partial charge in [-0.3, -0.25) is 0 Å². The number of rotatable bonds is 5. The summed E-state index contributed by atoms with van der Waals surface area (Å²) in [5.74, 6) is 0.705. The standard InChI is InChI=1S/C14H18N2O/c1-3-8-15-10-12-9-11-6-4-5-7-13(11)14(16-12)17-2/h4-7,9,15H,3,8,10H2,1-2H3. The Bertz CT molecular complexity index is 497. The van der Waals surface area contributed by atoms with E-state index in [4.69, 9.17) is 4.74 Å². The largest absolute Gasteiger partial charge is 0.481 e. The number of ether oxygens (including phenoxy) is 1. The van der Waals surface area contributed by atoms with Gasteiger partial charge in [-0.2, -0.15) is 0 Å². The molecule has 3 nitrogen and oxygen atoms in total. The Morgan fingerprint density at radius 2 is 2.12 bits per heavy atom. The molecule has 2 aromatic rings. The molecule has 0 fully saturated rings. The first-order chi connectivity index (χ1) is 8.35. The Hall–Kier alpha value is -1.61. The average Bonchev–Trinajstić information content (AvgIpc) is 2.38. The van der Waals surface area contributed by atoms with Crippen LogP contribution in [0.15, 0.2) is 30.3 Å². The van der Waals surface area contributed by atoms with Crippen molar-refractivity contribution in [1.29, 1.82) is 0 Å². The van der Waals surface area contributed by atoms with Gasteiger partial charge in [-0.05, 0) is 30.5 Å². The molecule has 0 radical (unpaired) electrons. The fourth-order valence-electron chi connectivity index (χ4n) is 1.86. The third-order valence-electron chi connectivity index (χ3n) is 2.68. The van der Waals surface area contributed by atoms with Crippen LogP contribution >= 0.6 is 0 Å². The molecule has 0 atom stereocenters. The molecule has 17 heavy (non-hydrogen) atoms. The predicted octanol–water partition coefficient (Wildman–Crippen LogP) is 2.74. The van der Waals surface area contributed by atoms with Crippen LogP contribution in [0.3, 0.4) is 0 Å². The number of hydrogen-bond acceptors (Lipinski definition) is 3. The second-order valence-corrected chi connectivity index (χ2v) is 4.02. The van der Waals surface area contributed by atoms with Crippen molar-refractivity contribution in [3.8, 4) is 5.88 Å². The summed E-state index contributed by atoms with van der Waals surface area (Å²) >= 11 is 0. The van der Waals surface area contributed by atoms with E-state index in [0.717, 1.165) is 30.6 Å². The van der Waals surface area contributed by atoms with Crippen molar-refractivity contribution in [1.82, 2.24) is 10.3 Å². The zero-order chi connectivity index (χ0) is 12.1. The van der Waals surface area contributed by atoms with Crippen LogP contribution in [0, 0.1) is 0 Å². The maximum Gasteiger partial charge on any atom is 0.221 e. The maximum absolute atomic E-state index is 5.34. The van der Waals surface area contributed by atoms with Crippen molar-refractivity contribution in [2.24, 2.45) is 0 Å². The van der Waals surface area contributed by atoms with Gasteiger partial charge < -0.3 is 10.1 Å². The molecule has 90 valence electrons. The van der Waals surface area contributed by atoms with Crippen LogP contribution in [0.25, 0.3) is 10.8 Å². The lowest BCUT2D eigenvalue weighted by Gasteiger charge is -2.08. The molecule has 0 amide bonds. The summed E-state index contributed by atoms with van der Waals surface area (Å²) in [4.78, 5) is 4.51. The highest BCUT2D eigenvalue weighted by Gasteiger charge is 2.05. The second kappa shape index (κ2) is 5.64. The normalized spacial score (nSPS) is 10.7. The molecule has 0 saturated carbocycles. The van der Waals surface area contributed by atoms with Gasteiger partial charge in [0, 0.05) is 11.9 Å². The van der Waals surface area contributed by atoms with E-state index in [2.05, 4.69) is 29.4 Å². The summed E-state index contributed by atoms with van der Waals surface area (Å²) < 4.78 is 5.34. The van der Waals surface area contributed by atoms with Crippen LogP contribution < -0.4 is 10.1 Å². The third kappa shape index (κ3) is 2.74. The van der Waals surface area contributed by atoms with Gasteiger partial charge in [0.15, 0.2) is 0 Å². The summed E-state index contributed by atoms with van der Waals surface area (Å²) in [5.41, 5.74) is 1.02. The number of benzene rings is 1. The second-order valence-electron chi connectivity index (χ2n) is 4.02. The van der Waals surface area contributed by atoms with E-state index < -0.39 is 0 Å². The average molecular weight is 230 g/mol. The van der Waals surface area contributed by atoms with E-state index in [1.54, 1.807) is 7.11 Å². The molecule has 1 aromatic carbocycles. The molecular weight excluding hydrogens is 212 g/mol. The first-order valence-electron chi connectivity index (χ1n) is 5.98. The van der Waals surface area contributed by atoms with Crippen molar-refractivity contribution < 1.29 is 4.74 Å². The quantitative estimate of drug-likeness (QED) is 0.802. The fraction of sp³-hybridized carbons (Fsp3) is 0.357. The Labute approximate surface area is 102 Å². The predicted molar refractivity (Wildman–Crippen MR) is 70.3 cm³/mol. The summed E-state index contributed by atoms with van der Waals surface area (Å²) in [6.07, 6.45) is 1.13. The molecule has 0 aliphatic carbocycles. The topological polar surface area (TPSA) is 34.1 Å². The number of nitrogens with one attached hydrogen (secondary N) is 1. The number of pyridine rings is 1. The molecule has 1 N–H and O–H groups in total. The molecule has 2 rings (SSSR count). The fourth-order valence-corrected chi connectivity index (χ4v) is 1.86. The molecular formula is C14H18N2O. The van der Waals surface area contributed by atoms with Gasteiger partial charge >= 0.3 is 0 Å². The molecule has 1 aromatic heterocycles. The minimum Gasteiger partial charge on any atom is -0.481 e. The first kappa shape index (κ1) is 11.9. The van der Waals surface area contributed by atoms with Crippen molar-refractivity contribution in [3.63, 3.8) is 0 Å². The Kier molecular flexibility index (Phi) is 3.94. The Morgan fingerprint density at radius 1 is 1.29 bits per heavy atom. The number of nitrogens with zero attached hydrogens (tertiary/aromatic N) is 1. The smallest absolute Gasteiger partial charge is 0.221 e. The lowest BCUT2D eigenvalue weighted by atomic mass is 10.1. The van der Waals surface area contributed by atoms with E-state index in [9.17, 15) is 0 Å². The summed E-state index contributed by atoms with van der Waals surface area (Å²) in [6, 6.07) is 10.3. The molecule has 3 heteroatoms. The van der Waals surface area contributed by atoms with Gasteiger partial charge in [-0.1, -0.05) is 25.1 Å². The zero-order valence-corrected chi connectivity index (χ0v) is 10.4. The van der Waals surface area contributed by atoms with Gasteiger partial charge in [-0.15, -0.1) is 0 Å². The van der Waals surface area contributed by atoms with Gasteiger partial charge in [-0.25, -0.2) is 4.98 Å². The van der Waals surface area contributed by atoms with Crippen molar-refractivity contribution in [2.45, 2.75) is 19.9 Å². The highest BCUT2D eigenvalue weighted by atomic mass is 16.5. The third-order valence-corrected chi connectivity index (χ3v) is 2.68. The molecule has 0 aliphatic heterocycles. The van der Waals surface area contributed by atoms with Crippen LogP contribution in [-0.2, 0) is 6.54 Å².